The first-order valence-corrected chi connectivity index (χ1v) is 10.1. The normalized spacial score (nSPS) is 51.7. The fourth-order valence-electron chi connectivity index (χ4n) is 6.30. The second kappa shape index (κ2) is 6.28. The first-order valence-electron chi connectivity index (χ1n) is 10.1. The topological polar surface area (TPSA) is 88.5 Å². The molecule has 0 aromatic carbocycles. The van der Waals surface area contributed by atoms with Crippen LogP contribution in [0.4, 0.5) is 0 Å². The fraction of sp³-hybridized carbons (Fsp3) is 0.857. The second-order valence-electron chi connectivity index (χ2n) is 9.54. The van der Waals surface area contributed by atoms with Crippen molar-refractivity contribution in [2.24, 2.45) is 22.7 Å². The number of methoxy groups -OCH3 is 1. The molecule has 8 atom stereocenters. The summed E-state index contributed by atoms with van der Waals surface area (Å²) in [5.74, 6) is 0.397. The third-order valence-corrected chi connectivity index (χ3v) is 8.52. The number of carbonyl (C=O) groups is 1. The highest BCUT2D eigenvalue weighted by atomic mass is 16.7. The Morgan fingerprint density at radius 1 is 1.33 bits per heavy atom. The molecule has 2 aliphatic carbocycles. The molecule has 4 aliphatic rings. The van der Waals surface area contributed by atoms with E-state index in [0.29, 0.717) is 30.9 Å². The number of ether oxygens (including phenoxy) is 3. The Hall–Kier alpha value is -0.950. The third kappa shape index (κ3) is 2.64. The number of epoxide rings is 1. The Bertz CT molecular complexity index is 655. The van der Waals surface area contributed by atoms with Crippen molar-refractivity contribution in [2.75, 3.05) is 13.7 Å². The Morgan fingerprint density at radius 2 is 2.04 bits per heavy atom. The molecular formula is C21H32O6. The van der Waals surface area contributed by atoms with Gasteiger partial charge in [0.25, 0.3) is 0 Å². The molecule has 0 bridgehead atoms. The maximum absolute atomic E-state index is 12.1. The van der Waals surface area contributed by atoms with E-state index in [1.807, 2.05) is 0 Å². The summed E-state index contributed by atoms with van der Waals surface area (Å²) < 4.78 is 16.1. The zero-order valence-corrected chi connectivity index (χ0v) is 16.7. The van der Waals surface area contributed by atoms with Crippen LogP contribution < -0.4 is 0 Å². The smallest absolute Gasteiger partial charge is 0.336 e. The van der Waals surface area contributed by atoms with Crippen LogP contribution in [0.5, 0.6) is 0 Å². The summed E-state index contributed by atoms with van der Waals surface area (Å²) in [6.07, 6.45) is 3.72. The van der Waals surface area contributed by atoms with Gasteiger partial charge in [-0.3, -0.25) is 0 Å². The van der Waals surface area contributed by atoms with E-state index in [9.17, 15) is 15.0 Å². The molecule has 2 N–H and O–H groups in total. The first-order chi connectivity index (χ1) is 12.7. The van der Waals surface area contributed by atoms with Crippen molar-refractivity contribution in [1.29, 1.82) is 0 Å². The SMILES string of the molecule is CO[C@@H]1C=C(CC[C@]2(C)[C@H]3C[C@@H](O)[C@@H](O)[C@@]4(CO4)[C@@]3(C)CC[C@@H]2C)C(=O)O1. The predicted molar refractivity (Wildman–Crippen MR) is 97.6 cm³/mol. The number of cyclic esters (lactones) is 1. The molecular weight excluding hydrogens is 348 g/mol. The first kappa shape index (κ1) is 19.4. The Balaban J connectivity index is 1.60. The van der Waals surface area contributed by atoms with Crippen molar-refractivity contribution in [2.45, 2.75) is 77.0 Å². The highest BCUT2D eigenvalue weighted by molar-refractivity contribution is 5.90. The van der Waals surface area contributed by atoms with Crippen LogP contribution in [-0.2, 0) is 19.0 Å². The van der Waals surface area contributed by atoms with Gasteiger partial charge >= 0.3 is 5.97 Å². The molecule has 0 radical (unpaired) electrons. The molecule has 152 valence electrons. The Morgan fingerprint density at radius 3 is 2.63 bits per heavy atom. The molecule has 1 spiro atoms. The summed E-state index contributed by atoms with van der Waals surface area (Å²) in [5, 5.41) is 21.2. The number of aliphatic hydroxyl groups is 2. The van der Waals surface area contributed by atoms with Crippen LogP contribution in [0.15, 0.2) is 11.6 Å². The third-order valence-electron chi connectivity index (χ3n) is 8.52. The highest BCUT2D eigenvalue weighted by Crippen LogP contribution is 2.68. The average molecular weight is 380 g/mol. The Labute approximate surface area is 160 Å². The van der Waals surface area contributed by atoms with Crippen LogP contribution >= 0.6 is 0 Å². The fourth-order valence-corrected chi connectivity index (χ4v) is 6.30. The van der Waals surface area contributed by atoms with Gasteiger partial charge in [0.1, 0.15) is 11.7 Å². The van der Waals surface area contributed by atoms with E-state index >= 15 is 0 Å². The number of aliphatic hydroxyl groups excluding tert-OH is 2. The van der Waals surface area contributed by atoms with E-state index < -0.39 is 24.1 Å². The van der Waals surface area contributed by atoms with Gasteiger partial charge in [-0.25, -0.2) is 4.79 Å². The van der Waals surface area contributed by atoms with E-state index in [1.165, 1.54) is 7.11 Å². The largest absolute Gasteiger partial charge is 0.429 e. The van der Waals surface area contributed by atoms with Crippen molar-refractivity contribution in [1.82, 2.24) is 0 Å². The van der Waals surface area contributed by atoms with Crippen LogP contribution in [0.1, 0.15) is 52.9 Å². The van der Waals surface area contributed by atoms with Crippen molar-refractivity contribution < 1.29 is 29.2 Å². The van der Waals surface area contributed by atoms with Gasteiger partial charge in [0, 0.05) is 18.1 Å². The molecule has 6 heteroatoms. The summed E-state index contributed by atoms with van der Waals surface area (Å²) in [6.45, 7) is 7.31. The minimum Gasteiger partial charge on any atom is -0.429 e. The predicted octanol–water partition coefficient (Wildman–Crippen LogP) is 2.18. The molecule has 0 aromatic rings. The molecule has 2 saturated carbocycles. The van der Waals surface area contributed by atoms with Crippen molar-refractivity contribution in [3.05, 3.63) is 11.6 Å². The van der Waals surface area contributed by atoms with E-state index in [4.69, 9.17) is 14.2 Å². The number of carbonyl (C=O) groups excluding carboxylic acids is 1. The van der Waals surface area contributed by atoms with Gasteiger partial charge < -0.3 is 24.4 Å². The molecule has 3 fully saturated rings. The van der Waals surface area contributed by atoms with Crippen molar-refractivity contribution in [3.63, 3.8) is 0 Å². The summed E-state index contributed by atoms with van der Waals surface area (Å²) >= 11 is 0. The Kier molecular flexibility index (Phi) is 4.50. The lowest BCUT2D eigenvalue weighted by Gasteiger charge is -2.61. The molecule has 4 rings (SSSR count). The quantitative estimate of drug-likeness (QED) is 0.574. The summed E-state index contributed by atoms with van der Waals surface area (Å²) in [6, 6.07) is 0. The summed E-state index contributed by atoms with van der Waals surface area (Å²) in [7, 11) is 1.52. The number of hydrogen-bond donors (Lipinski definition) is 2. The highest BCUT2D eigenvalue weighted by Gasteiger charge is 2.73. The minimum absolute atomic E-state index is 0.0562. The van der Waals surface area contributed by atoms with Gasteiger partial charge in [-0.05, 0) is 55.4 Å². The van der Waals surface area contributed by atoms with Crippen molar-refractivity contribution in [3.8, 4) is 0 Å². The molecule has 0 unspecified atom stereocenters. The zero-order valence-electron chi connectivity index (χ0n) is 16.7. The number of hydrogen-bond acceptors (Lipinski definition) is 6. The van der Waals surface area contributed by atoms with Gasteiger partial charge in [0.15, 0.2) is 0 Å². The number of rotatable bonds is 4. The zero-order chi connectivity index (χ0) is 19.6. The molecule has 6 nitrogen and oxygen atoms in total. The van der Waals surface area contributed by atoms with Gasteiger partial charge in [-0.15, -0.1) is 0 Å². The molecule has 0 amide bonds. The molecule has 27 heavy (non-hydrogen) atoms. The van der Waals surface area contributed by atoms with Crippen LogP contribution in [0.3, 0.4) is 0 Å². The van der Waals surface area contributed by atoms with E-state index in [2.05, 4.69) is 20.8 Å². The monoisotopic (exact) mass is 380 g/mol. The summed E-state index contributed by atoms with van der Waals surface area (Å²) in [4.78, 5) is 12.1. The second-order valence-corrected chi connectivity index (χ2v) is 9.54. The lowest BCUT2D eigenvalue weighted by molar-refractivity contribution is -0.197. The summed E-state index contributed by atoms with van der Waals surface area (Å²) in [5.41, 5.74) is -0.147. The molecule has 0 aromatic heterocycles. The van der Waals surface area contributed by atoms with Crippen LogP contribution in [0.25, 0.3) is 0 Å². The minimum atomic E-state index is -0.814. The van der Waals surface area contributed by atoms with E-state index in [0.717, 1.165) is 19.3 Å². The van der Waals surface area contributed by atoms with Gasteiger partial charge in [-0.2, -0.15) is 0 Å². The molecule has 2 aliphatic heterocycles. The standard InChI is InChI=1S/C21H32O6/c1-12-5-8-20(3)15(10-14(22)17(23)21(20)11-26-21)19(12,2)7-6-13-9-16(25-4)27-18(13)24/h9,12,14-17,22-23H,5-8,10-11H2,1-4H3/t12-,14+,15+,16-,17+,19-,20-,21-/m0/s1. The van der Waals surface area contributed by atoms with Crippen molar-refractivity contribution >= 4 is 5.97 Å². The number of fused-ring (bicyclic) bond motifs is 2. The molecule has 1 saturated heterocycles. The van der Waals surface area contributed by atoms with Crippen LogP contribution in [0.2, 0.25) is 0 Å². The van der Waals surface area contributed by atoms with Gasteiger partial charge in [0.05, 0.1) is 12.7 Å². The van der Waals surface area contributed by atoms with E-state index in [-0.39, 0.29) is 22.7 Å². The van der Waals surface area contributed by atoms with Crippen LogP contribution in [-0.4, -0.2) is 54.0 Å². The van der Waals surface area contributed by atoms with Gasteiger partial charge in [0.2, 0.25) is 6.29 Å². The maximum Gasteiger partial charge on any atom is 0.336 e. The lowest BCUT2D eigenvalue weighted by Crippen LogP contribution is -2.65. The average Bonchev–Trinajstić information content (AvgIpc) is 3.37. The number of esters is 1. The lowest BCUT2D eigenvalue weighted by atomic mass is 9.43. The van der Waals surface area contributed by atoms with Crippen LogP contribution in [0, 0.1) is 22.7 Å². The maximum atomic E-state index is 12.1. The van der Waals surface area contributed by atoms with Gasteiger partial charge in [-0.1, -0.05) is 20.8 Å². The van der Waals surface area contributed by atoms with E-state index in [1.54, 1.807) is 6.08 Å². The molecule has 2 heterocycles.